The van der Waals surface area contributed by atoms with E-state index in [-0.39, 0.29) is 29.8 Å². The molecule has 0 saturated heterocycles. The zero-order valence-electron chi connectivity index (χ0n) is 26.5. The number of rotatable bonds is 12. The van der Waals surface area contributed by atoms with Crippen LogP contribution in [0.1, 0.15) is 47.9 Å². The number of benzene rings is 4. The van der Waals surface area contributed by atoms with E-state index >= 15 is 0 Å². The fraction of sp³-hybridized carbons (Fsp3) is 0.297. The van der Waals surface area contributed by atoms with E-state index in [4.69, 9.17) is 11.6 Å². The summed E-state index contributed by atoms with van der Waals surface area (Å²) in [6.45, 7) is 3.19. The number of amides is 2. The molecule has 1 aliphatic carbocycles. The molecule has 1 atom stereocenters. The average molecular weight is 676 g/mol. The molecular weight excluding hydrogens is 637 g/mol. The zero-order valence-corrected chi connectivity index (χ0v) is 28.1. The van der Waals surface area contributed by atoms with Gasteiger partial charge in [0, 0.05) is 24.0 Å². The van der Waals surface area contributed by atoms with Crippen LogP contribution in [0, 0.1) is 19.7 Å². The Kier molecular flexibility index (Phi) is 11.0. The Morgan fingerprint density at radius 3 is 2.17 bits per heavy atom. The highest BCUT2D eigenvalue weighted by molar-refractivity contribution is 7.92. The lowest BCUT2D eigenvalue weighted by atomic mass is 10.0. The summed E-state index contributed by atoms with van der Waals surface area (Å²) in [6, 6.07) is 25.1. The fourth-order valence-corrected chi connectivity index (χ4v) is 7.38. The molecule has 0 aromatic heterocycles. The first kappa shape index (κ1) is 34.1. The minimum absolute atomic E-state index is 0.000797. The summed E-state index contributed by atoms with van der Waals surface area (Å²) in [4.78, 5) is 30.1. The van der Waals surface area contributed by atoms with Gasteiger partial charge in [0.1, 0.15) is 18.4 Å². The summed E-state index contributed by atoms with van der Waals surface area (Å²) in [6.07, 6.45) is 3.95. The van der Waals surface area contributed by atoms with Crippen LogP contribution >= 0.6 is 11.6 Å². The van der Waals surface area contributed by atoms with Gasteiger partial charge in [-0.05, 0) is 97.5 Å². The lowest BCUT2D eigenvalue weighted by Gasteiger charge is -2.34. The lowest BCUT2D eigenvalue weighted by molar-refractivity contribution is -0.140. The van der Waals surface area contributed by atoms with Crippen molar-refractivity contribution in [1.82, 2.24) is 10.2 Å². The van der Waals surface area contributed by atoms with Crippen molar-refractivity contribution in [2.45, 2.75) is 69.5 Å². The van der Waals surface area contributed by atoms with Crippen LogP contribution in [0.2, 0.25) is 5.02 Å². The van der Waals surface area contributed by atoms with Crippen molar-refractivity contribution >= 4 is 39.1 Å². The van der Waals surface area contributed by atoms with Gasteiger partial charge in [0.2, 0.25) is 11.8 Å². The van der Waals surface area contributed by atoms with E-state index < -0.39 is 34.3 Å². The van der Waals surface area contributed by atoms with Crippen LogP contribution in [-0.4, -0.2) is 43.8 Å². The molecule has 4 aromatic rings. The molecule has 7 nitrogen and oxygen atoms in total. The molecule has 47 heavy (non-hydrogen) atoms. The van der Waals surface area contributed by atoms with Crippen molar-refractivity contribution in [3.63, 3.8) is 0 Å². The minimum atomic E-state index is -4.25. The average Bonchev–Trinajstić information content (AvgIpc) is 3.57. The smallest absolute Gasteiger partial charge is 0.264 e. The van der Waals surface area contributed by atoms with Crippen LogP contribution in [0.3, 0.4) is 0 Å². The molecule has 10 heteroatoms. The molecule has 5 rings (SSSR count). The molecule has 0 aliphatic heterocycles. The second-order valence-corrected chi connectivity index (χ2v) is 14.4. The largest absolute Gasteiger partial charge is 0.352 e. The van der Waals surface area contributed by atoms with E-state index in [0.717, 1.165) is 46.7 Å². The molecule has 1 fully saturated rings. The normalized spacial score (nSPS) is 14.0. The van der Waals surface area contributed by atoms with Crippen LogP contribution in [0.4, 0.5) is 10.1 Å². The summed E-state index contributed by atoms with van der Waals surface area (Å²) in [5, 5.41) is 3.53. The highest BCUT2D eigenvalue weighted by Crippen LogP contribution is 2.28. The third kappa shape index (κ3) is 8.58. The van der Waals surface area contributed by atoms with Gasteiger partial charge in [-0.25, -0.2) is 12.8 Å². The molecule has 2 amide bonds. The van der Waals surface area contributed by atoms with Gasteiger partial charge in [-0.15, -0.1) is 0 Å². The van der Waals surface area contributed by atoms with E-state index in [1.807, 2.05) is 50.2 Å². The Labute approximate surface area is 281 Å². The van der Waals surface area contributed by atoms with Gasteiger partial charge < -0.3 is 10.2 Å². The Balaban J connectivity index is 1.57. The standard InChI is InChI=1S/C37H39ClFN3O4S/c1-26-12-19-33(22-27(26)2)42(47(45,46)34-20-15-30(38)16-21-34)25-36(43)41(24-29-13-17-31(39)18-14-29)35(23-28-8-4-3-5-9-28)37(44)40-32-10-6-7-11-32/h3-5,8-9,12-22,32,35H,6-7,10-11,23-25H2,1-2H3,(H,40,44). The van der Waals surface area contributed by atoms with Crippen LogP contribution in [0.5, 0.6) is 0 Å². The van der Waals surface area contributed by atoms with Crippen LogP contribution in [-0.2, 0) is 32.6 Å². The van der Waals surface area contributed by atoms with E-state index in [0.29, 0.717) is 16.3 Å². The topological polar surface area (TPSA) is 86.8 Å². The predicted octanol–water partition coefficient (Wildman–Crippen LogP) is 6.99. The summed E-state index contributed by atoms with van der Waals surface area (Å²) >= 11 is 6.07. The molecule has 4 aromatic carbocycles. The quantitative estimate of drug-likeness (QED) is 0.175. The molecular formula is C37H39ClFN3O4S. The Morgan fingerprint density at radius 2 is 1.53 bits per heavy atom. The highest BCUT2D eigenvalue weighted by atomic mass is 35.5. The molecule has 0 radical (unpaired) electrons. The number of carbonyl (C=O) groups excluding carboxylic acids is 2. The molecule has 1 saturated carbocycles. The molecule has 0 heterocycles. The second kappa shape index (κ2) is 15.1. The SMILES string of the molecule is Cc1ccc(N(CC(=O)N(Cc2ccc(F)cc2)C(Cc2ccccc2)C(=O)NC2CCCC2)S(=O)(=O)c2ccc(Cl)cc2)cc1C. The van der Waals surface area contributed by atoms with E-state index in [2.05, 4.69) is 5.32 Å². The Bertz CT molecular complexity index is 1800. The van der Waals surface area contributed by atoms with Gasteiger partial charge in [0.05, 0.1) is 10.6 Å². The van der Waals surface area contributed by atoms with Crippen molar-refractivity contribution in [3.8, 4) is 0 Å². The van der Waals surface area contributed by atoms with Crippen molar-refractivity contribution in [2.24, 2.45) is 0 Å². The van der Waals surface area contributed by atoms with Gasteiger partial charge in [0.15, 0.2) is 0 Å². The number of nitrogens with zero attached hydrogens (tertiary/aromatic N) is 2. The number of nitrogens with one attached hydrogen (secondary N) is 1. The van der Waals surface area contributed by atoms with Crippen LogP contribution in [0.25, 0.3) is 0 Å². The van der Waals surface area contributed by atoms with Gasteiger partial charge in [-0.3, -0.25) is 13.9 Å². The van der Waals surface area contributed by atoms with Crippen LogP contribution in [0.15, 0.2) is 102 Å². The van der Waals surface area contributed by atoms with Gasteiger partial charge in [-0.1, -0.05) is 73.0 Å². The Morgan fingerprint density at radius 1 is 0.872 bits per heavy atom. The first-order valence-electron chi connectivity index (χ1n) is 15.7. The van der Waals surface area contributed by atoms with Gasteiger partial charge in [-0.2, -0.15) is 0 Å². The highest BCUT2D eigenvalue weighted by Gasteiger charge is 2.35. The number of carbonyl (C=O) groups is 2. The maximum atomic E-state index is 14.6. The summed E-state index contributed by atoms with van der Waals surface area (Å²) in [5.74, 6) is -1.32. The van der Waals surface area contributed by atoms with Gasteiger partial charge in [0.25, 0.3) is 10.0 Å². The van der Waals surface area contributed by atoms with Gasteiger partial charge >= 0.3 is 0 Å². The van der Waals surface area contributed by atoms with Crippen molar-refractivity contribution in [2.75, 3.05) is 10.8 Å². The molecule has 1 unspecified atom stereocenters. The first-order chi connectivity index (χ1) is 22.5. The molecule has 0 spiro atoms. The van der Waals surface area contributed by atoms with E-state index in [1.165, 1.54) is 41.3 Å². The third-order valence-corrected chi connectivity index (χ3v) is 10.7. The number of halogens is 2. The molecule has 1 N–H and O–H groups in total. The molecule has 1 aliphatic rings. The summed E-state index contributed by atoms with van der Waals surface area (Å²) < 4.78 is 43.4. The van der Waals surface area contributed by atoms with E-state index in [9.17, 15) is 22.4 Å². The minimum Gasteiger partial charge on any atom is -0.352 e. The maximum Gasteiger partial charge on any atom is 0.264 e. The molecule has 246 valence electrons. The third-order valence-electron chi connectivity index (χ3n) is 8.70. The molecule has 0 bridgehead atoms. The summed E-state index contributed by atoms with van der Waals surface area (Å²) in [5.41, 5.74) is 3.58. The first-order valence-corrected chi connectivity index (χ1v) is 17.6. The Hall–Kier alpha value is -4.21. The maximum absolute atomic E-state index is 14.6. The fourth-order valence-electron chi connectivity index (χ4n) is 5.85. The summed E-state index contributed by atoms with van der Waals surface area (Å²) in [7, 11) is -4.25. The number of aryl methyl sites for hydroxylation is 2. The second-order valence-electron chi connectivity index (χ2n) is 12.1. The van der Waals surface area contributed by atoms with Crippen molar-refractivity contribution in [1.29, 1.82) is 0 Å². The predicted molar refractivity (Wildman–Crippen MR) is 183 cm³/mol. The zero-order chi connectivity index (χ0) is 33.6. The van der Waals surface area contributed by atoms with Crippen molar-refractivity contribution < 1.29 is 22.4 Å². The van der Waals surface area contributed by atoms with Crippen LogP contribution < -0.4 is 9.62 Å². The number of hydrogen-bond acceptors (Lipinski definition) is 4. The van der Waals surface area contributed by atoms with Crippen molar-refractivity contribution in [3.05, 3.63) is 130 Å². The number of hydrogen-bond donors (Lipinski definition) is 1. The van der Waals surface area contributed by atoms with E-state index in [1.54, 1.807) is 24.3 Å². The monoisotopic (exact) mass is 675 g/mol. The lowest BCUT2D eigenvalue weighted by Crippen LogP contribution is -2.54. The number of sulfonamides is 1. The number of anilines is 1.